The van der Waals surface area contributed by atoms with Gasteiger partial charge in [-0.1, -0.05) is 12.1 Å². The highest BCUT2D eigenvalue weighted by molar-refractivity contribution is 6.05. The third kappa shape index (κ3) is 2.99. The summed E-state index contributed by atoms with van der Waals surface area (Å²) in [5.74, 6) is -0.240. The highest BCUT2D eigenvalue weighted by Gasteiger charge is 2.25. The maximum absolute atomic E-state index is 11.8. The molecule has 19 heavy (non-hydrogen) atoms. The fourth-order valence-electron chi connectivity index (χ4n) is 2.12. The van der Waals surface area contributed by atoms with Crippen LogP contribution >= 0.6 is 0 Å². The Balaban J connectivity index is 2.25. The van der Waals surface area contributed by atoms with Crippen LogP contribution in [-0.2, 0) is 16.0 Å². The molecule has 0 spiro atoms. The first-order valence-corrected chi connectivity index (χ1v) is 6.26. The molecule has 1 aliphatic heterocycles. The van der Waals surface area contributed by atoms with Crippen molar-refractivity contribution in [3.63, 3.8) is 0 Å². The van der Waals surface area contributed by atoms with Gasteiger partial charge in [0.1, 0.15) is 6.29 Å². The first-order chi connectivity index (χ1) is 9.11. The lowest BCUT2D eigenvalue weighted by Crippen LogP contribution is -2.49. The highest BCUT2D eigenvalue weighted by Crippen LogP contribution is 2.24. The lowest BCUT2D eigenvalue weighted by atomic mass is 10.0. The number of hydrogen-bond donors (Lipinski definition) is 1. The molecule has 1 heterocycles. The molecular formula is C14H16N2O3. The zero-order valence-electron chi connectivity index (χ0n) is 10.8. The molecule has 1 aliphatic rings. The number of rotatable bonds is 4. The van der Waals surface area contributed by atoms with E-state index in [9.17, 15) is 14.4 Å². The predicted octanol–water partition coefficient (Wildman–Crippen LogP) is 1.57. The van der Waals surface area contributed by atoms with Gasteiger partial charge in [0.2, 0.25) is 5.91 Å². The molecular weight excluding hydrogens is 244 g/mol. The van der Waals surface area contributed by atoms with Gasteiger partial charge in [-0.3, -0.25) is 15.0 Å². The first-order valence-electron chi connectivity index (χ1n) is 6.26. The molecule has 0 aliphatic carbocycles. The average molecular weight is 260 g/mol. The zero-order chi connectivity index (χ0) is 13.8. The molecule has 1 aromatic carbocycles. The Morgan fingerprint density at radius 2 is 2.16 bits per heavy atom. The number of carbonyl (C=O) groups excluding carboxylic acids is 3. The normalized spacial score (nSPS) is 15.3. The van der Waals surface area contributed by atoms with Crippen LogP contribution in [-0.4, -0.2) is 24.8 Å². The molecule has 0 unspecified atom stereocenters. The van der Waals surface area contributed by atoms with E-state index in [2.05, 4.69) is 5.32 Å². The third-order valence-corrected chi connectivity index (χ3v) is 3.17. The molecule has 0 saturated carbocycles. The summed E-state index contributed by atoms with van der Waals surface area (Å²) >= 11 is 0. The van der Waals surface area contributed by atoms with Crippen molar-refractivity contribution in [1.82, 2.24) is 5.32 Å². The van der Waals surface area contributed by atoms with E-state index in [1.165, 1.54) is 0 Å². The summed E-state index contributed by atoms with van der Waals surface area (Å²) in [5.41, 5.74) is 2.78. The smallest absolute Gasteiger partial charge is 0.303 e. The predicted molar refractivity (Wildman–Crippen MR) is 71.1 cm³/mol. The largest absolute Gasteiger partial charge is 0.328 e. The monoisotopic (exact) mass is 260 g/mol. The van der Waals surface area contributed by atoms with E-state index in [1.807, 2.05) is 25.1 Å². The molecule has 5 nitrogen and oxygen atoms in total. The molecule has 5 heteroatoms. The van der Waals surface area contributed by atoms with Crippen molar-refractivity contribution in [2.45, 2.75) is 26.2 Å². The summed E-state index contributed by atoms with van der Waals surface area (Å²) < 4.78 is 0. The Labute approximate surface area is 111 Å². The zero-order valence-corrected chi connectivity index (χ0v) is 10.8. The van der Waals surface area contributed by atoms with Crippen molar-refractivity contribution in [2.24, 2.45) is 0 Å². The minimum absolute atomic E-state index is 0.240. The molecule has 1 saturated heterocycles. The van der Waals surface area contributed by atoms with Crippen molar-refractivity contribution >= 4 is 23.9 Å². The van der Waals surface area contributed by atoms with E-state index in [-0.39, 0.29) is 11.9 Å². The van der Waals surface area contributed by atoms with Gasteiger partial charge < -0.3 is 4.79 Å². The van der Waals surface area contributed by atoms with Crippen molar-refractivity contribution < 1.29 is 14.4 Å². The fourth-order valence-corrected chi connectivity index (χ4v) is 2.12. The summed E-state index contributed by atoms with van der Waals surface area (Å²) in [6, 6.07) is 5.41. The van der Waals surface area contributed by atoms with Gasteiger partial charge in [0.05, 0.1) is 0 Å². The number of hydrogen-bond acceptors (Lipinski definition) is 3. The minimum atomic E-state index is -0.383. The first kappa shape index (κ1) is 13.3. The van der Waals surface area contributed by atoms with Crippen molar-refractivity contribution in [3.8, 4) is 0 Å². The molecule has 1 fully saturated rings. The number of amides is 3. The number of aldehydes is 1. The molecule has 3 amide bonds. The lowest BCUT2D eigenvalue weighted by molar-refractivity contribution is -0.120. The second-order valence-corrected chi connectivity index (χ2v) is 4.58. The summed E-state index contributed by atoms with van der Waals surface area (Å²) in [6.45, 7) is 2.31. The Hall–Kier alpha value is -2.17. The van der Waals surface area contributed by atoms with E-state index < -0.39 is 0 Å². The quantitative estimate of drug-likeness (QED) is 0.836. The van der Waals surface area contributed by atoms with E-state index >= 15 is 0 Å². The topological polar surface area (TPSA) is 66.5 Å². The average Bonchev–Trinajstić information content (AvgIpc) is 2.38. The Morgan fingerprint density at radius 3 is 2.84 bits per heavy atom. The third-order valence-electron chi connectivity index (χ3n) is 3.17. The van der Waals surface area contributed by atoms with Gasteiger partial charge in [-0.15, -0.1) is 0 Å². The van der Waals surface area contributed by atoms with E-state index in [0.717, 1.165) is 23.1 Å². The van der Waals surface area contributed by atoms with Crippen LogP contribution in [0, 0.1) is 6.92 Å². The van der Waals surface area contributed by atoms with Gasteiger partial charge in [-0.2, -0.15) is 0 Å². The highest BCUT2D eigenvalue weighted by atomic mass is 16.2. The van der Waals surface area contributed by atoms with Crippen LogP contribution < -0.4 is 10.2 Å². The summed E-state index contributed by atoms with van der Waals surface area (Å²) in [7, 11) is 0. The molecule has 2 rings (SSSR count). The van der Waals surface area contributed by atoms with Crippen LogP contribution in [0.25, 0.3) is 0 Å². The SMILES string of the molecule is Cc1ccc(CCC=O)cc1N1CCC(=O)NC1=O. The molecule has 0 aromatic heterocycles. The van der Waals surface area contributed by atoms with Gasteiger partial charge in [-0.05, 0) is 30.5 Å². The fraction of sp³-hybridized carbons (Fsp3) is 0.357. The second kappa shape index (κ2) is 5.65. The van der Waals surface area contributed by atoms with Gasteiger partial charge >= 0.3 is 6.03 Å². The van der Waals surface area contributed by atoms with E-state index in [1.54, 1.807) is 4.90 Å². The van der Waals surface area contributed by atoms with Crippen LogP contribution in [0.5, 0.6) is 0 Å². The number of urea groups is 1. The molecule has 0 radical (unpaired) electrons. The Bertz CT molecular complexity index is 525. The molecule has 0 atom stereocenters. The van der Waals surface area contributed by atoms with Crippen LogP contribution in [0.15, 0.2) is 18.2 Å². The van der Waals surface area contributed by atoms with E-state index in [0.29, 0.717) is 25.8 Å². The van der Waals surface area contributed by atoms with Crippen molar-refractivity contribution in [2.75, 3.05) is 11.4 Å². The molecule has 100 valence electrons. The van der Waals surface area contributed by atoms with Crippen molar-refractivity contribution in [1.29, 1.82) is 0 Å². The lowest BCUT2D eigenvalue weighted by Gasteiger charge is -2.28. The maximum atomic E-state index is 11.8. The number of nitrogens with one attached hydrogen (secondary N) is 1. The van der Waals surface area contributed by atoms with Crippen LogP contribution in [0.1, 0.15) is 24.0 Å². The minimum Gasteiger partial charge on any atom is -0.303 e. The Morgan fingerprint density at radius 1 is 1.37 bits per heavy atom. The van der Waals surface area contributed by atoms with Crippen LogP contribution in [0.2, 0.25) is 0 Å². The van der Waals surface area contributed by atoms with Gasteiger partial charge in [-0.25, -0.2) is 4.79 Å². The van der Waals surface area contributed by atoms with Gasteiger partial charge in [0.25, 0.3) is 0 Å². The number of carbonyl (C=O) groups is 3. The van der Waals surface area contributed by atoms with Gasteiger partial charge in [0.15, 0.2) is 0 Å². The number of benzene rings is 1. The number of anilines is 1. The second-order valence-electron chi connectivity index (χ2n) is 4.58. The molecule has 1 aromatic rings. The standard InChI is InChI=1S/C14H16N2O3/c1-10-4-5-11(3-2-8-17)9-12(10)16-7-6-13(18)15-14(16)19/h4-5,8-9H,2-3,6-7H2,1H3,(H,15,18,19). The number of nitrogens with zero attached hydrogens (tertiary/aromatic N) is 1. The molecule has 0 bridgehead atoms. The summed E-state index contributed by atoms with van der Waals surface area (Å²) in [5, 5.41) is 2.31. The van der Waals surface area contributed by atoms with Crippen molar-refractivity contribution in [3.05, 3.63) is 29.3 Å². The van der Waals surface area contributed by atoms with Gasteiger partial charge in [0, 0.05) is 25.1 Å². The Kier molecular flexibility index (Phi) is 3.94. The summed E-state index contributed by atoms with van der Waals surface area (Å²) in [4.78, 5) is 34.9. The van der Waals surface area contributed by atoms with Crippen LogP contribution in [0.3, 0.4) is 0 Å². The number of aryl methyl sites for hydroxylation is 2. The summed E-state index contributed by atoms with van der Waals surface area (Å²) in [6.07, 6.45) is 2.31. The molecule has 1 N–H and O–H groups in total. The van der Waals surface area contributed by atoms with Crippen LogP contribution in [0.4, 0.5) is 10.5 Å². The maximum Gasteiger partial charge on any atom is 0.328 e. The van der Waals surface area contributed by atoms with E-state index in [4.69, 9.17) is 0 Å². The number of imide groups is 1.